The van der Waals surface area contributed by atoms with E-state index in [-0.39, 0.29) is 6.61 Å². The molecule has 0 aromatic rings. The van der Waals surface area contributed by atoms with Gasteiger partial charge in [0.1, 0.15) is 0 Å². The summed E-state index contributed by atoms with van der Waals surface area (Å²) in [6.07, 6.45) is 2.20. The molecule has 0 aromatic heterocycles. The molecule has 0 aliphatic rings. The Morgan fingerprint density at radius 3 is 2.43 bits per heavy atom. The van der Waals surface area contributed by atoms with Gasteiger partial charge in [-0.05, 0) is 6.42 Å². The standard InChI is InChI=1S/C5H11BrO/c1-2-3-5(6)4-7/h5,7H,2-4H2,1H3/t5-/m0/s1. The van der Waals surface area contributed by atoms with Gasteiger partial charge in [-0.15, -0.1) is 0 Å². The average molecular weight is 167 g/mol. The molecule has 1 N–H and O–H groups in total. The van der Waals surface area contributed by atoms with E-state index in [0.717, 1.165) is 12.8 Å². The van der Waals surface area contributed by atoms with Gasteiger partial charge in [-0.25, -0.2) is 0 Å². The minimum absolute atomic E-state index is 0.258. The number of aliphatic hydroxyl groups is 1. The highest BCUT2D eigenvalue weighted by molar-refractivity contribution is 9.09. The zero-order chi connectivity index (χ0) is 5.70. The molecule has 0 aliphatic heterocycles. The lowest BCUT2D eigenvalue weighted by molar-refractivity contribution is 0.292. The minimum Gasteiger partial charge on any atom is -0.395 e. The van der Waals surface area contributed by atoms with E-state index in [2.05, 4.69) is 22.9 Å². The fraction of sp³-hybridized carbons (Fsp3) is 1.00. The van der Waals surface area contributed by atoms with Crippen molar-refractivity contribution in [3.63, 3.8) is 0 Å². The molecule has 0 aliphatic carbocycles. The maximum absolute atomic E-state index is 8.42. The predicted molar refractivity (Wildman–Crippen MR) is 34.7 cm³/mol. The molecule has 0 bridgehead atoms. The smallest absolute Gasteiger partial charge is 0.0556 e. The highest BCUT2D eigenvalue weighted by Crippen LogP contribution is 2.04. The molecule has 7 heavy (non-hydrogen) atoms. The van der Waals surface area contributed by atoms with Crippen molar-refractivity contribution in [2.45, 2.75) is 24.6 Å². The summed E-state index contributed by atoms with van der Waals surface area (Å²) in [7, 11) is 0. The van der Waals surface area contributed by atoms with Crippen molar-refractivity contribution in [1.29, 1.82) is 0 Å². The van der Waals surface area contributed by atoms with Gasteiger partial charge in [0.25, 0.3) is 0 Å². The first-order valence-electron chi connectivity index (χ1n) is 2.56. The molecule has 0 unspecified atom stereocenters. The zero-order valence-electron chi connectivity index (χ0n) is 4.52. The van der Waals surface area contributed by atoms with Crippen LogP contribution in [0.2, 0.25) is 0 Å². The van der Waals surface area contributed by atoms with Gasteiger partial charge in [-0.2, -0.15) is 0 Å². The Kier molecular flexibility index (Phi) is 4.88. The van der Waals surface area contributed by atoms with Crippen LogP contribution in [0.4, 0.5) is 0 Å². The molecule has 0 aromatic carbocycles. The molecular weight excluding hydrogens is 156 g/mol. The largest absolute Gasteiger partial charge is 0.395 e. The SMILES string of the molecule is CCC[C@H](Br)CO. The van der Waals surface area contributed by atoms with E-state index in [0.29, 0.717) is 4.83 Å². The molecule has 0 amide bonds. The molecule has 0 heterocycles. The molecule has 0 radical (unpaired) electrons. The van der Waals surface area contributed by atoms with E-state index in [1.165, 1.54) is 0 Å². The number of halogens is 1. The van der Waals surface area contributed by atoms with E-state index in [9.17, 15) is 0 Å². The van der Waals surface area contributed by atoms with Gasteiger partial charge in [0.2, 0.25) is 0 Å². The lowest BCUT2D eigenvalue weighted by Gasteiger charge is -1.99. The highest BCUT2D eigenvalue weighted by atomic mass is 79.9. The van der Waals surface area contributed by atoms with Gasteiger partial charge in [0.15, 0.2) is 0 Å². The fourth-order valence-electron chi connectivity index (χ4n) is 0.405. The van der Waals surface area contributed by atoms with Gasteiger partial charge < -0.3 is 5.11 Å². The number of alkyl halides is 1. The van der Waals surface area contributed by atoms with Crippen molar-refractivity contribution in [2.75, 3.05) is 6.61 Å². The van der Waals surface area contributed by atoms with Crippen molar-refractivity contribution in [2.24, 2.45) is 0 Å². The van der Waals surface area contributed by atoms with E-state index in [1.807, 2.05) is 0 Å². The zero-order valence-corrected chi connectivity index (χ0v) is 6.11. The summed E-state index contributed by atoms with van der Waals surface area (Å²) < 4.78 is 0. The highest BCUT2D eigenvalue weighted by Gasteiger charge is 1.96. The second kappa shape index (κ2) is 4.60. The summed E-state index contributed by atoms with van der Waals surface area (Å²) in [6, 6.07) is 0. The Hall–Kier alpha value is 0.440. The maximum atomic E-state index is 8.42. The molecule has 0 spiro atoms. The molecule has 0 rings (SSSR count). The van der Waals surface area contributed by atoms with Crippen molar-refractivity contribution in [3.05, 3.63) is 0 Å². The summed E-state index contributed by atoms with van der Waals surface area (Å²) in [5.41, 5.74) is 0. The lowest BCUT2D eigenvalue weighted by Crippen LogP contribution is -2.01. The number of aliphatic hydroxyl groups excluding tert-OH is 1. The first-order chi connectivity index (χ1) is 3.31. The second-order valence-corrected chi connectivity index (χ2v) is 2.86. The van der Waals surface area contributed by atoms with Gasteiger partial charge in [0.05, 0.1) is 6.61 Å². The Morgan fingerprint density at radius 1 is 1.71 bits per heavy atom. The Bertz CT molecular complexity index is 39.1. The third-order valence-electron chi connectivity index (χ3n) is 0.800. The van der Waals surface area contributed by atoms with Crippen molar-refractivity contribution < 1.29 is 5.11 Å². The first-order valence-corrected chi connectivity index (χ1v) is 3.47. The monoisotopic (exact) mass is 166 g/mol. The number of hydrogen-bond acceptors (Lipinski definition) is 1. The topological polar surface area (TPSA) is 20.2 Å². The first kappa shape index (κ1) is 7.44. The molecule has 1 atom stereocenters. The van der Waals surface area contributed by atoms with Crippen LogP contribution in [0.25, 0.3) is 0 Å². The molecule has 0 saturated heterocycles. The van der Waals surface area contributed by atoms with Gasteiger partial charge in [0, 0.05) is 4.83 Å². The molecule has 2 heteroatoms. The summed E-state index contributed by atoms with van der Waals surface area (Å²) in [6.45, 7) is 2.36. The summed E-state index contributed by atoms with van der Waals surface area (Å²) in [5, 5.41) is 8.42. The van der Waals surface area contributed by atoms with Crippen LogP contribution in [0.1, 0.15) is 19.8 Å². The molecule has 44 valence electrons. The molecule has 1 nitrogen and oxygen atoms in total. The quantitative estimate of drug-likeness (QED) is 0.632. The molecular formula is C5H11BrO. The second-order valence-electron chi connectivity index (χ2n) is 1.57. The van der Waals surface area contributed by atoms with Crippen LogP contribution in [-0.4, -0.2) is 16.5 Å². The summed E-state index contributed by atoms with van der Waals surface area (Å²) in [5.74, 6) is 0. The van der Waals surface area contributed by atoms with Gasteiger partial charge in [-0.3, -0.25) is 0 Å². The Morgan fingerprint density at radius 2 is 2.29 bits per heavy atom. The summed E-state index contributed by atoms with van der Waals surface area (Å²) in [4.78, 5) is 0.317. The van der Waals surface area contributed by atoms with Crippen LogP contribution in [0.5, 0.6) is 0 Å². The predicted octanol–water partition coefficient (Wildman–Crippen LogP) is 1.54. The van der Waals surface area contributed by atoms with Crippen LogP contribution in [0.3, 0.4) is 0 Å². The van der Waals surface area contributed by atoms with Crippen molar-refractivity contribution in [3.8, 4) is 0 Å². The van der Waals surface area contributed by atoms with Crippen molar-refractivity contribution >= 4 is 15.9 Å². The Labute approximate surface area is 52.9 Å². The van der Waals surface area contributed by atoms with Gasteiger partial charge >= 0.3 is 0 Å². The van der Waals surface area contributed by atoms with E-state index in [1.54, 1.807) is 0 Å². The minimum atomic E-state index is 0.258. The van der Waals surface area contributed by atoms with Crippen LogP contribution >= 0.6 is 15.9 Å². The molecule has 0 fully saturated rings. The van der Waals surface area contributed by atoms with Crippen LogP contribution in [0.15, 0.2) is 0 Å². The van der Waals surface area contributed by atoms with Gasteiger partial charge in [-0.1, -0.05) is 29.3 Å². The van der Waals surface area contributed by atoms with E-state index >= 15 is 0 Å². The van der Waals surface area contributed by atoms with Crippen LogP contribution in [0, 0.1) is 0 Å². The number of rotatable bonds is 3. The summed E-state index contributed by atoms with van der Waals surface area (Å²) >= 11 is 3.29. The van der Waals surface area contributed by atoms with Crippen LogP contribution < -0.4 is 0 Å². The van der Waals surface area contributed by atoms with Crippen LogP contribution in [-0.2, 0) is 0 Å². The third kappa shape index (κ3) is 4.29. The number of hydrogen-bond donors (Lipinski definition) is 1. The van der Waals surface area contributed by atoms with E-state index < -0.39 is 0 Å². The maximum Gasteiger partial charge on any atom is 0.0556 e. The van der Waals surface area contributed by atoms with Crippen molar-refractivity contribution in [1.82, 2.24) is 0 Å². The third-order valence-corrected chi connectivity index (χ3v) is 1.55. The normalized spacial score (nSPS) is 14.1. The van der Waals surface area contributed by atoms with E-state index in [4.69, 9.17) is 5.11 Å². The Balaban J connectivity index is 2.83. The average Bonchev–Trinajstić information content (AvgIpc) is 1.68. The molecule has 0 saturated carbocycles. The lowest BCUT2D eigenvalue weighted by atomic mass is 10.3. The fourth-order valence-corrected chi connectivity index (χ4v) is 0.862.